The average molecular weight is 393 g/mol. The summed E-state index contributed by atoms with van der Waals surface area (Å²) in [5, 5.41) is 4.00. The molecule has 2 heterocycles. The maximum Gasteiger partial charge on any atom is 0.258 e. The van der Waals surface area contributed by atoms with Crippen molar-refractivity contribution >= 4 is 29.2 Å². The van der Waals surface area contributed by atoms with Gasteiger partial charge in [0.1, 0.15) is 5.82 Å². The second-order valence-corrected chi connectivity index (χ2v) is 7.02. The molecule has 0 radical (unpaired) electrons. The molecular formula is C20H29ClN4O2. The van der Waals surface area contributed by atoms with E-state index < -0.39 is 0 Å². The first-order valence-corrected chi connectivity index (χ1v) is 9.63. The first-order chi connectivity index (χ1) is 12.7. The van der Waals surface area contributed by atoms with Gasteiger partial charge in [0, 0.05) is 25.9 Å². The van der Waals surface area contributed by atoms with Crippen LogP contribution in [0.4, 0.5) is 0 Å². The molecule has 0 atom stereocenters. The number of aromatic nitrogens is 2. The molecule has 3 rings (SSSR count). The average Bonchev–Trinajstić information content (AvgIpc) is 2.67. The first-order valence-electron chi connectivity index (χ1n) is 9.63. The third-order valence-electron chi connectivity index (χ3n) is 5.12. The van der Waals surface area contributed by atoms with Crippen LogP contribution < -0.4 is 10.9 Å². The maximum atomic E-state index is 12.4. The van der Waals surface area contributed by atoms with Gasteiger partial charge in [-0.05, 0) is 50.4 Å². The van der Waals surface area contributed by atoms with Crippen molar-refractivity contribution in [1.29, 1.82) is 0 Å². The van der Waals surface area contributed by atoms with E-state index >= 15 is 0 Å². The van der Waals surface area contributed by atoms with Crippen LogP contribution in [-0.4, -0.2) is 47.0 Å². The predicted octanol–water partition coefficient (Wildman–Crippen LogP) is 2.52. The molecule has 2 N–H and O–H groups in total. The minimum Gasteiger partial charge on any atom is -0.343 e. The number of aryl methyl sites for hydroxylation is 1. The van der Waals surface area contributed by atoms with Crippen LogP contribution in [0.15, 0.2) is 29.1 Å². The molecular weight excluding hydrogens is 364 g/mol. The van der Waals surface area contributed by atoms with E-state index in [1.807, 2.05) is 23.1 Å². The van der Waals surface area contributed by atoms with Gasteiger partial charge in [0.05, 0.1) is 10.9 Å². The fourth-order valence-electron chi connectivity index (χ4n) is 3.55. The third-order valence-corrected chi connectivity index (χ3v) is 5.12. The van der Waals surface area contributed by atoms with Crippen molar-refractivity contribution in [2.24, 2.45) is 5.92 Å². The van der Waals surface area contributed by atoms with Crippen molar-refractivity contribution in [2.45, 2.75) is 39.0 Å². The molecule has 1 fully saturated rings. The fourth-order valence-corrected chi connectivity index (χ4v) is 3.55. The normalized spacial score (nSPS) is 14.9. The Balaban J connectivity index is 0.00000261. The number of nitrogens with zero attached hydrogens (tertiary/aromatic N) is 2. The summed E-state index contributed by atoms with van der Waals surface area (Å²) >= 11 is 0. The number of hydrogen-bond acceptors (Lipinski definition) is 4. The van der Waals surface area contributed by atoms with Crippen LogP contribution in [0.5, 0.6) is 0 Å². The van der Waals surface area contributed by atoms with Gasteiger partial charge in [0.15, 0.2) is 0 Å². The van der Waals surface area contributed by atoms with Crippen molar-refractivity contribution in [2.75, 3.05) is 26.2 Å². The molecule has 0 saturated carbocycles. The molecule has 7 heteroatoms. The summed E-state index contributed by atoms with van der Waals surface area (Å²) in [4.78, 5) is 33.8. The van der Waals surface area contributed by atoms with E-state index in [2.05, 4.69) is 22.2 Å². The highest BCUT2D eigenvalue weighted by atomic mass is 35.5. The first kappa shape index (κ1) is 21.4. The van der Waals surface area contributed by atoms with E-state index in [4.69, 9.17) is 0 Å². The second kappa shape index (κ2) is 10.4. The molecule has 0 unspecified atom stereocenters. The number of carbonyl (C=O) groups is 1. The van der Waals surface area contributed by atoms with Crippen molar-refractivity contribution in [3.8, 4) is 0 Å². The molecule has 0 bridgehead atoms. The van der Waals surface area contributed by atoms with E-state index in [9.17, 15) is 9.59 Å². The molecule has 1 aliphatic heterocycles. The monoisotopic (exact) mass is 392 g/mol. The summed E-state index contributed by atoms with van der Waals surface area (Å²) in [6, 6.07) is 7.33. The zero-order valence-corrected chi connectivity index (χ0v) is 16.7. The van der Waals surface area contributed by atoms with Crippen molar-refractivity contribution in [1.82, 2.24) is 20.2 Å². The molecule has 1 aromatic carbocycles. The molecule has 2 aromatic rings. The fraction of sp³-hybridized carbons (Fsp3) is 0.550. The Morgan fingerprint density at radius 2 is 2.04 bits per heavy atom. The molecule has 0 spiro atoms. The largest absolute Gasteiger partial charge is 0.343 e. The predicted molar refractivity (Wildman–Crippen MR) is 110 cm³/mol. The molecule has 1 aromatic heterocycles. The number of piperidine rings is 1. The van der Waals surface area contributed by atoms with Crippen molar-refractivity contribution in [3.05, 3.63) is 40.4 Å². The van der Waals surface area contributed by atoms with Gasteiger partial charge >= 0.3 is 0 Å². The topological polar surface area (TPSA) is 78.1 Å². The summed E-state index contributed by atoms with van der Waals surface area (Å²) in [6.45, 7) is 5.90. The van der Waals surface area contributed by atoms with Crippen LogP contribution in [0, 0.1) is 5.92 Å². The number of carbonyl (C=O) groups excluding carboxylic acids is 1. The smallest absolute Gasteiger partial charge is 0.258 e. The molecule has 6 nitrogen and oxygen atoms in total. The molecule has 1 aliphatic rings. The Labute approximate surface area is 166 Å². The standard InChI is InChI=1S/C20H28N4O2.ClH/c1-2-21-14-15-10-12-24(13-11-15)19(25)9-5-8-18-22-17-7-4-3-6-16(17)20(26)23-18;/h3-4,6-7,15,21H,2,5,8-14H2,1H3,(H,22,23,26);1H. The Morgan fingerprint density at radius 3 is 2.78 bits per heavy atom. The molecule has 1 amide bonds. The number of aromatic amines is 1. The van der Waals surface area contributed by atoms with Crippen LogP contribution in [0.1, 0.15) is 38.4 Å². The highest BCUT2D eigenvalue weighted by Gasteiger charge is 2.22. The lowest BCUT2D eigenvalue weighted by molar-refractivity contribution is -0.132. The molecule has 27 heavy (non-hydrogen) atoms. The van der Waals surface area contributed by atoms with E-state index in [1.165, 1.54) is 0 Å². The minimum atomic E-state index is -0.111. The van der Waals surface area contributed by atoms with E-state index in [0.717, 1.165) is 39.0 Å². The van der Waals surface area contributed by atoms with Gasteiger partial charge in [-0.1, -0.05) is 19.1 Å². The van der Waals surface area contributed by atoms with Crippen LogP contribution in [-0.2, 0) is 11.2 Å². The minimum absolute atomic E-state index is 0. The lowest BCUT2D eigenvalue weighted by Gasteiger charge is -2.32. The number of para-hydroxylation sites is 1. The summed E-state index contributed by atoms with van der Waals surface area (Å²) in [5.74, 6) is 1.56. The lowest BCUT2D eigenvalue weighted by Crippen LogP contribution is -2.40. The maximum absolute atomic E-state index is 12.4. The van der Waals surface area contributed by atoms with Crippen molar-refractivity contribution < 1.29 is 4.79 Å². The van der Waals surface area contributed by atoms with Gasteiger partial charge in [-0.15, -0.1) is 12.4 Å². The molecule has 1 saturated heterocycles. The molecule has 0 aliphatic carbocycles. The van der Waals surface area contributed by atoms with Gasteiger partial charge in [0.25, 0.3) is 5.56 Å². The number of amides is 1. The number of halogens is 1. The Hall–Kier alpha value is -1.92. The quantitative estimate of drug-likeness (QED) is 0.758. The summed E-state index contributed by atoms with van der Waals surface area (Å²) < 4.78 is 0. The Kier molecular flexibility index (Phi) is 8.25. The summed E-state index contributed by atoms with van der Waals surface area (Å²) in [7, 11) is 0. The number of fused-ring (bicyclic) bond motifs is 1. The van der Waals surface area contributed by atoms with Crippen molar-refractivity contribution in [3.63, 3.8) is 0 Å². The van der Waals surface area contributed by atoms with Gasteiger partial charge in [0.2, 0.25) is 5.91 Å². The number of nitrogens with one attached hydrogen (secondary N) is 2. The molecule has 148 valence electrons. The lowest BCUT2D eigenvalue weighted by atomic mass is 9.96. The van der Waals surface area contributed by atoms with Gasteiger partial charge < -0.3 is 15.2 Å². The van der Waals surface area contributed by atoms with Crippen LogP contribution in [0.2, 0.25) is 0 Å². The summed E-state index contributed by atoms with van der Waals surface area (Å²) in [6.07, 6.45) is 3.99. The zero-order chi connectivity index (χ0) is 18.4. The number of likely N-dealkylation sites (tertiary alicyclic amines) is 1. The Bertz CT molecular complexity index is 800. The number of rotatable bonds is 7. The van der Waals surface area contributed by atoms with E-state index in [-0.39, 0.29) is 23.9 Å². The Morgan fingerprint density at radius 1 is 1.30 bits per heavy atom. The van der Waals surface area contributed by atoms with E-state index in [1.54, 1.807) is 6.07 Å². The van der Waals surface area contributed by atoms with Crippen LogP contribution in [0.3, 0.4) is 0 Å². The highest BCUT2D eigenvalue weighted by Crippen LogP contribution is 2.17. The van der Waals surface area contributed by atoms with E-state index in [0.29, 0.717) is 41.9 Å². The van der Waals surface area contributed by atoms with Gasteiger partial charge in [-0.2, -0.15) is 0 Å². The second-order valence-electron chi connectivity index (χ2n) is 7.02. The SMILES string of the molecule is CCNCC1CCN(C(=O)CCCc2nc3ccccc3c(=O)[nH]2)CC1.Cl. The summed E-state index contributed by atoms with van der Waals surface area (Å²) in [5.41, 5.74) is 0.597. The number of benzene rings is 1. The van der Waals surface area contributed by atoms with Gasteiger partial charge in [-0.3, -0.25) is 9.59 Å². The van der Waals surface area contributed by atoms with Gasteiger partial charge in [-0.25, -0.2) is 4.98 Å². The third kappa shape index (κ3) is 5.78. The zero-order valence-electron chi connectivity index (χ0n) is 15.9. The van der Waals surface area contributed by atoms with Crippen LogP contribution in [0.25, 0.3) is 10.9 Å². The number of hydrogen-bond donors (Lipinski definition) is 2. The van der Waals surface area contributed by atoms with Crippen LogP contribution >= 0.6 is 12.4 Å². The highest BCUT2D eigenvalue weighted by molar-refractivity contribution is 5.85. The number of H-pyrrole nitrogens is 1.